The number of aromatic amines is 1. The van der Waals surface area contributed by atoms with Gasteiger partial charge in [-0.1, -0.05) is 24.3 Å². The number of amides is 1. The van der Waals surface area contributed by atoms with Crippen molar-refractivity contribution >= 4 is 5.91 Å². The quantitative estimate of drug-likeness (QED) is 0.884. The molecule has 4 heteroatoms. The van der Waals surface area contributed by atoms with Crippen LogP contribution in [0, 0.1) is 6.92 Å². The Hall–Kier alpha value is -2.36. The second-order valence-corrected chi connectivity index (χ2v) is 4.46. The van der Waals surface area contributed by atoms with Crippen molar-refractivity contribution in [2.45, 2.75) is 19.9 Å². The summed E-state index contributed by atoms with van der Waals surface area (Å²) in [4.78, 5) is 26.0. The van der Waals surface area contributed by atoms with Gasteiger partial charge in [0.05, 0.1) is 6.04 Å². The largest absolute Gasteiger partial charge is 0.345 e. The Morgan fingerprint density at radius 3 is 2.63 bits per heavy atom. The Kier molecular flexibility index (Phi) is 3.80. The first-order valence-corrected chi connectivity index (χ1v) is 6.13. The maximum Gasteiger partial charge on any atom is 0.260 e. The summed E-state index contributed by atoms with van der Waals surface area (Å²) in [6.07, 6.45) is 1.50. The maximum absolute atomic E-state index is 12.0. The maximum atomic E-state index is 12.0. The van der Waals surface area contributed by atoms with E-state index in [2.05, 4.69) is 10.3 Å². The van der Waals surface area contributed by atoms with Crippen LogP contribution < -0.4 is 10.9 Å². The molecule has 1 heterocycles. The SMILES string of the molecule is Cc1ccccc1C(C)NC(=O)c1ccc[nH]c1=O. The van der Waals surface area contributed by atoms with Crippen LogP contribution in [-0.2, 0) is 0 Å². The zero-order chi connectivity index (χ0) is 13.8. The van der Waals surface area contributed by atoms with E-state index in [1.165, 1.54) is 12.3 Å². The highest BCUT2D eigenvalue weighted by atomic mass is 16.2. The number of carbonyl (C=O) groups excluding carboxylic acids is 1. The van der Waals surface area contributed by atoms with E-state index in [1.807, 2.05) is 38.1 Å². The molecule has 19 heavy (non-hydrogen) atoms. The lowest BCUT2D eigenvalue weighted by atomic mass is 10.0. The summed E-state index contributed by atoms with van der Waals surface area (Å²) in [5.74, 6) is -0.363. The zero-order valence-corrected chi connectivity index (χ0v) is 10.9. The molecule has 1 atom stereocenters. The van der Waals surface area contributed by atoms with Crippen molar-refractivity contribution in [2.24, 2.45) is 0 Å². The topological polar surface area (TPSA) is 62.0 Å². The number of nitrogens with one attached hydrogen (secondary N) is 2. The highest BCUT2D eigenvalue weighted by molar-refractivity contribution is 5.94. The fourth-order valence-electron chi connectivity index (χ4n) is 2.03. The van der Waals surface area contributed by atoms with Crippen molar-refractivity contribution < 1.29 is 4.79 Å². The van der Waals surface area contributed by atoms with Gasteiger partial charge in [-0.05, 0) is 37.1 Å². The summed E-state index contributed by atoms with van der Waals surface area (Å²) in [5.41, 5.74) is 1.90. The normalized spacial score (nSPS) is 11.9. The molecule has 4 nitrogen and oxygen atoms in total. The molecule has 0 saturated carbocycles. The number of hydrogen-bond acceptors (Lipinski definition) is 2. The Bertz CT molecular complexity index is 646. The minimum Gasteiger partial charge on any atom is -0.345 e. The van der Waals surface area contributed by atoms with E-state index in [0.29, 0.717) is 0 Å². The van der Waals surface area contributed by atoms with Crippen molar-refractivity contribution in [3.63, 3.8) is 0 Å². The second kappa shape index (κ2) is 5.52. The first-order valence-electron chi connectivity index (χ1n) is 6.13. The van der Waals surface area contributed by atoms with Gasteiger partial charge in [0.15, 0.2) is 0 Å². The third-order valence-electron chi connectivity index (χ3n) is 3.07. The molecular weight excluding hydrogens is 240 g/mol. The summed E-state index contributed by atoms with van der Waals surface area (Å²) in [6.45, 7) is 3.89. The minimum absolute atomic E-state index is 0.128. The fraction of sp³-hybridized carbons (Fsp3) is 0.200. The highest BCUT2D eigenvalue weighted by Crippen LogP contribution is 2.16. The van der Waals surface area contributed by atoms with Crippen LogP contribution >= 0.6 is 0 Å². The lowest BCUT2D eigenvalue weighted by Gasteiger charge is -2.16. The number of hydrogen-bond donors (Lipinski definition) is 2. The summed E-state index contributed by atoms with van der Waals surface area (Å²) in [5, 5.41) is 2.84. The molecule has 0 radical (unpaired) electrons. The average Bonchev–Trinajstić information content (AvgIpc) is 2.39. The molecule has 0 aliphatic heterocycles. The van der Waals surface area contributed by atoms with E-state index in [-0.39, 0.29) is 23.1 Å². The molecule has 1 aromatic carbocycles. The predicted octanol–water partition coefficient (Wildman–Crippen LogP) is 2.17. The van der Waals surface area contributed by atoms with Crippen LogP contribution in [0.15, 0.2) is 47.4 Å². The third kappa shape index (κ3) is 2.91. The third-order valence-corrected chi connectivity index (χ3v) is 3.07. The van der Waals surface area contributed by atoms with Gasteiger partial charge >= 0.3 is 0 Å². The molecular formula is C15H16N2O2. The first kappa shape index (κ1) is 13.1. The number of benzene rings is 1. The molecule has 2 N–H and O–H groups in total. The van der Waals surface area contributed by atoms with E-state index in [4.69, 9.17) is 0 Å². The molecule has 1 unspecified atom stereocenters. The van der Waals surface area contributed by atoms with Crippen molar-refractivity contribution in [3.8, 4) is 0 Å². The Balaban J connectivity index is 2.18. The number of aryl methyl sites for hydroxylation is 1. The molecule has 0 aliphatic rings. The smallest absolute Gasteiger partial charge is 0.260 e. The van der Waals surface area contributed by atoms with Gasteiger partial charge in [0.25, 0.3) is 11.5 Å². The van der Waals surface area contributed by atoms with Crippen LogP contribution in [0.2, 0.25) is 0 Å². The lowest BCUT2D eigenvalue weighted by Crippen LogP contribution is -2.31. The average molecular weight is 256 g/mol. The number of pyridine rings is 1. The zero-order valence-electron chi connectivity index (χ0n) is 10.9. The van der Waals surface area contributed by atoms with Crippen LogP contribution in [0.5, 0.6) is 0 Å². The van der Waals surface area contributed by atoms with Crippen LogP contribution in [-0.4, -0.2) is 10.9 Å². The monoisotopic (exact) mass is 256 g/mol. The van der Waals surface area contributed by atoms with Crippen molar-refractivity contribution in [1.82, 2.24) is 10.3 Å². The molecule has 2 aromatic rings. The van der Waals surface area contributed by atoms with Gasteiger partial charge in [-0.2, -0.15) is 0 Å². The summed E-state index contributed by atoms with van der Waals surface area (Å²) < 4.78 is 0. The fourth-order valence-corrected chi connectivity index (χ4v) is 2.03. The molecule has 2 rings (SSSR count). The number of rotatable bonds is 3. The number of aromatic nitrogens is 1. The van der Waals surface area contributed by atoms with Gasteiger partial charge in [0, 0.05) is 6.20 Å². The molecule has 0 spiro atoms. The first-order chi connectivity index (χ1) is 9.09. The van der Waals surface area contributed by atoms with Crippen LogP contribution in [0.4, 0.5) is 0 Å². The van der Waals surface area contributed by atoms with Gasteiger partial charge in [-0.25, -0.2) is 0 Å². The van der Waals surface area contributed by atoms with E-state index in [9.17, 15) is 9.59 Å². The minimum atomic E-state index is -0.378. The molecule has 1 aromatic heterocycles. The van der Waals surface area contributed by atoms with E-state index in [0.717, 1.165) is 11.1 Å². The van der Waals surface area contributed by atoms with Crippen molar-refractivity contribution in [3.05, 3.63) is 69.6 Å². The number of H-pyrrole nitrogens is 1. The van der Waals surface area contributed by atoms with Crippen LogP contribution in [0.3, 0.4) is 0 Å². The van der Waals surface area contributed by atoms with Gasteiger partial charge in [-0.15, -0.1) is 0 Å². The lowest BCUT2D eigenvalue weighted by molar-refractivity contribution is 0.0938. The van der Waals surface area contributed by atoms with Crippen LogP contribution in [0.1, 0.15) is 34.5 Å². The van der Waals surface area contributed by atoms with E-state index >= 15 is 0 Å². The molecule has 0 saturated heterocycles. The standard InChI is InChI=1S/C15H16N2O2/c1-10-6-3-4-7-12(10)11(2)17-15(19)13-8-5-9-16-14(13)18/h3-9,11H,1-2H3,(H,16,18)(H,17,19). The highest BCUT2D eigenvalue weighted by Gasteiger charge is 2.14. The van der Waals surface area contributed by atoms with Crippen molar-refractivity contribution in [2.75, 3.05) is 0 Å². The van der Waals surface area contributed by atoms with Gasteiger partial charge in [0.2, 0.25) is 0 Å². The van der Waals surface area contributed by atoms with Crippen LogP contribution in [0.25, 0.3) is 0 Å². The summed E-state index contributed by atoms with van der Waals surface area (Å²) in [6, 6.07) is 10.8. The predicted molar refractivity (Wildman–Crippen MR) is 74.1 cm³/mol. The van der Waals surface area contributed by atoms with Crippen molar-refractivity contribution in [1.29, 1.82) is 0 Å². The molecule has 0 fully saturated rings. The van der Waals surface area contributed by atoms with E-state index < -0.39 is 0 Å². The molecule has 1 amide bonds. The Labute approximate surface area is 111 Å². The van der Waals surface area contributed by atoms with Gasteiger partial charge in [-0.3, -0.25) is 9.59 Å². The molecule has 0 bridgehead atoms. The van der Waals surface area contributed by atoms with E-state index in [1.54, 1.807) is 6.07 Å². The summed E-state index contributed by atoms with van der Waals surface area (Å²) >= 11 is 0. The molecule has 98 valence electrons. The van der Waals surface area contributed by atoms with Gasteiger partial charge < -0.3 is 10.3 Å². The summed E-state index contributed by atoms with van der Waals surface area (Å²) in [7, 11) is 0. The second-order valence-electron chi connectivity index (χ2n) is 4.46. The molecule has 0 aliphatic carbocycles. The Morgan fingerprint density at radius 1 is 1.21 bits per heavy atom. The Morgan fingerprint density at radius 2 is 1.95 bits per heavy atom. The van der Waals surface area contributed by atoms with Gasteiger partial charge in [0.1, 0.15) is 5.56 Å². The number of carbonyl (C=O) groups is 1.